The number of H-pyrrole nitrogens is 1. The number of rotatable bonds is 6. The minimum Gasteiger partial charge on any atom is -0.394 e. The molecule has 1 atom stereocenters. The second-order valence-corrected chi connectivity index (χ2v) is 7.97. The van der Waals surface area contributed by atoms with Crippen LogP contribution in [0.5, 0.6) is 0 Å². The van der Waals surface area contributed by atoms with E-state index in [9.17, 15) is 9.50 Å². The molecule has 0 amide bonds. The third-order valence-electron chi connectivity index (χ3n) is 5.80. The molecule has 0 unspecified atom stereocenters. The molecular weight excluding hydrogens is 415 g/mol. The van der Waals surface area contributed by atoms with Crippen LogP contribution in [0.4, 0.5) is 10.1 Å². The predicted octanol–water partition coefficient (Wildman–Crippen LogP) is 5.88. The molecule has 0 aliphatic heterocycles. The van der Waals surface area contributed by atoms with Crippen molar-refractivity contribution in [2.75, 3.05) is 11.9 Å². The lowest BCUT2D eigenvalue weighted by Crippen LogP contribution is -2.15. The average Bonchev–Trinajstić information content (AvgIpc) is 3.23. The van der Waals surface area contributed by atoms with Crippen molar-refractivity contribution in [3.63, 3.8) is 0 Å². The van der Waals surface area contributed by atoms with E-state index >= 15 is 0 Å². The number of benzene rings is 3. The van der Waals surface area contributed by atoms with Gasteiger partial charge in [0.15, 0.2) is 0 Å². The van der Waals surface area contributed by atoms with Crippen molar-refractivity contribution in [3.05, 3.63) is 102 Å². The number of aliphatic hydroxyl groups excluding tert-OH is 1. The molecule has 0 fully saturated rings. The number of anilines is 1. The molecule has 0 saturated heterocycles. The van der Waals surface area contributed by atoms with Gasteiger partial charge in [0, 0.05) is 22.2 Å². The van der Waals surface area contributed by atoms with Crippen LogP contribution in [-0.2, 0) is 0 Å². The second-order valence-electron chi connectivity index (χ2n) is 7.97. The molecule has 5 nitrogen and oxygen atoms in total. The zero-order valence-corrected chi connectivity index (χ0v) is 18.1. The molecule has 2 aromatic heterocycles. The van der Waals surface area contributed by atoms with Gasteiger partial charge in [0.2, 0.25) is 0 Å². The van der Waals surface area contributed by atoms with E-state index in [0.29, 0.717) is 11.3 Å². The molecule has 0 aliphatic carbocycles. The Morgan fingerprint density at radius 1 is 0.970 bits per heavy atom. The molecule has 0 aliphatic rings. The Bertz CT molecular complexity index is 1410. The van der Waals surface area contributed by atoms with Gasteiger partial charge in [-0.05, 0) is 48.4 Å². The number of aromatic nitrogens is 3. The summed E-state index contributed by atoms with van der Waals surface area (Å²) in [5.74, 6) is -0.329. The van der Waals surface area contributed by atoms with Gasteiger partial charge in [0.25, 0.3) is 0 Å². The number of hydrogen-bond acceptors (Lipinski definition) is 4. The average molecular weight is 439 g/mol. The van der Waals surface area contributed by atoms with Crippen LogP contribution in [0.1, 0.15) is 17.3 Å². The standard InChI is InChI=1S/C27H23FN4O/c1-17-22-13-19(11-12-25(22)32-31-17)23-14-20(30-26(16-33)18-7-3-2-4-8-18)15-29-27(23)21-9-5-6-10-24(21)28/h2-15,26,30,33H,16H2,1H3,(H,31,32)/t26-/m0/s1. The van der Waals surface area contributed by atoms with Crippen molar-refractivity contribution in [1.29, 1.82) is 0 Å². The highest BCUT2D eigenvalue weighted by molar-refractivity contribution is 5.90. The summed E-state index contributed by atoms with van der Waals surface area (Å²) in [6.45, 7) is 1.90. The highest BCUT2D eigenvalue weighted by Gasteiger charge is 2.17. The number of nitrogens with one attached hydrogen (secondary N) is 2. The van der Waals surface area contributed by atoms with Gasteiger partial charge >= 0.3 is 0 Å². The molecule has 2 heterocycles. The van der Waals surface area contributed by atoms with Gasteiger partial charge in [0.05, 0.1) is 35.7 Å². The monoisotopic (exact) mass is 438 g/mol. The van der Waals surface area contributed by atoms with Crippen LogP contribution in [0, 0.1) is 12.7 Å². The van der Waals surface area contributed by atoms with Gasteiger partial charge in [-0.2, -0.15) is 5.10 Å². The lowest BCUT2D eigenvalue weighted by Gasteiger charge is -2.19. The Kier molecular flexibility index (Phi) is 5.59. The molecule has 3 N–H and O–H groups in total. The topological polar surface area (TPSA) is 73.8 Å². The number of fused-ring (bicyclic) bond motifs is 1. The van der Waals surface area contributed by atoms with E-state index in [0.717, 1.165) is 39.0 Å². The van der Waals surface area contributed by atoms with Gasteiger partial charge in [-0.3, -0.25) is 10.1 Å². The Labute approximate surface area is 191 Å². The lowest BCUT2D eigenvalue weighted by atomic mass is 9.97. The van der Waals surface area contributed by atoms with Crippen LogP contribution in [0.3, 0.4) is 0 Å². The molecular formula is C27H23FN4O. The minimum absolute atomic E-state index is 0.0748. The summed E-state index contributed by atoms with van der Waals surface area (Å²) in [6.07, 6.45) is 1.68. The zero-order valence-electron chi connectivity index (χ0n) is 18.1. The zero-order chi connectivity index (χ0) is 22.8. The molecule has 6 heteroatoms. The second kappa shape index (κ2) is 8.84. The van der Waals surface area contributed by atoms with Crippen molar-refractivity contribution in [1.82, 2.24) is 15.2 Å². The van der Waals surface area contributed by atoms with Crippen LogP contribution in [0.25, 0.3) is 33.3 Å². The normalized spacial score (nSPS) is 12.1. The van der Waals surface area contributed by atoms with Crippen LogP contribution in [0.15, 0.2) is 85.1 Å². The maximum absolute atomic E-state index is 14.7. The maximum atomic E-state index is 14.7. The summed E-state index contributed by atoms with van der Waals surface area (Å²) in [4.78, 5) is 4.65. The maximum Gasteiger partial charge on any atom is 0.132 e. The number of aryl methyl sites for hydroxylation is 1. The third kappa shape index (κ3) is 4.08. The Hall–Kier alpha value is -4.03. The van der Waals surface area contributed by atoms with E-state index in [1.54, 1.807) is 24.4 Å². The van der Waals surface area contributed by atoms with E-state index in [2.05, 4.69) is 20.5 Å². The van der Waals surface area contributed by atoms with Crippen LogP contribution < -0.4 is 5.32 Å². The predicted molar refractivity (Wildman–Crippen MR) is 129 cm³/mol. The van der Waals surface area contributed by atoms with Crippen molar-refractivity contribution >= 4 is 16.6 Å². The molecule has 0 saturated carbocycles. The number of nitrogens with zero attached hydrogens (tertiary/aromatic N) is 2. The van der Waals surface area contributed by atoms with Crippen LogP contribution in [0.2, 0.25) is 0 Å². The molecule has 0 bridgehead atoms. The summed E-state index contributed by atoms with van der Waals surface area (Å²) in [5.41, 5.74) is 6.22. The largest absolute Gasteiger partial charge is 0.394 e. The first-order valence-electron chi connectivity index (χ1n) is 10.8. The summed E-state index contributed by atoms with van der Waals surface area (Å²) >= 11 is 0. The van der Waals surface area contributed by atoms with Gasteiger partial charge < -0.3 is 10.4 Å². The fourth-order valence-corrected chi connectivity index (χ4v) is 4.06. The number of hydrogen-bond donors (Lipinski definition) is 3. The quantitative estimate of drug-likeness (QED) is 0.309. The number of halogens is 1. The lowest BCUT2D eigenvalue weighted by molar-refractivity contribution is 0.276. The van der Waals surface area contributed by atoms with E-state index in [4.69, 9.17) is 0 Å². The molecule has 33 heavy (non-hydrogen) atoms. The number of aromatic amines is 1. The van der Waals surface area contributed by atoms with Gasteiger partial charge in [0.1, 0.15) is 5.82 Å². The highest BCUT2D eigenvalue weighted by Crippen LogP contribution is 2.36. The SMILES string of the molecule is Cc1[nH]nc2ccc(-c3cc(N[C@@H](CO)c4ccccc4)cnc3-c3ccccc3F)cc12. The van der Waals surface area contributed by atoms with Gasteiger partial charge in [-0.1, -0.05) is 48.5 Å². The molecule has 5 aromatic rings. The van der Waals surface area contributed by atoms with Crippen molar-refractivity contribution in [2.24, 2.45) is 0 Å². The Morgan fingerprint density at radius 3 is 2.55 bits per heavy atom. The number of aliphatic hydroxyl groups is 1. The first-order chi connectivity index (χ1) is 16.1. The fraction of sp³-hybridized carbons (Fsp3) is 0.111. The van der Waals surface area contributed by atoms with Crippen molar-refractivity contribution in [3.8, 4) is 22.4 Å². The summed E-state index contributed by atoms with van der Waals surface area (Å²) in [7, 11) is 0. The van der Waals surface area contributed by atoms with E-state index in [1.807, 2.05) is 61.5 Å². The Balaban J connectivity index is 1.63. The summed E-state index contributed by atoms with van der Waals surface area (Å²) < 4.78 is 14.7. The highest BCUT2D eigenvalue weighted by atomic mass is 19.1. The Morgan fingerprint density at radius 2 is 1.76 bits per heavy atom. The molecule has 3 aromatic carbocycles. The molecule has 0 spiro atoms. The fourth-order valence-electron chi connectivity index (χ4n) is 4.06. The summed E-state index contributed by atoms with van der Waals surface area (Å²) in [5, 5.41) is 21.7. The van der Waals surface area contributed by atoms with Crippen molar-refractivity contribution < 1.29 is 9.50 Å². The van der Waals surface area contributed by atoms with Crippen LogP contribution >= 0.6 is 0 Å². The number of pyridine rings is 1. The third-order valence-corrected chi connectivity index (χ3v) is 5.80. The molecule has 0 radical (unpaired) electrons. The van der Waals surface area contributed by atoms with E-state index < -0.39 is 0 Å². The smallest absolute Gasteiger partial charge is 0.132 e. The van der Waals surface area contributed by atoms with E-state index in [-0.39, 0.29) is 18.5 Å². The first kappa shape index (κ1) is 20.8. The first-order valence-corrected chi connectivity index (χ1v) is 10.8. The van der Waals surface area contributed by atoms with Gasteiger partial charge in [-0.15, -0.1) is 0 Å². The van der Waals surface area contributed by atoms with E-state index in [1.165, 1.54) is 6.07 Å². The summed E-state index contributed by atoms with van der Waals surface area (Å²) in [6, 6.07) is 24.0. The van der Waals surface area contributed by atoms with Crippen molar-refractivity contribution in [2.45, 2.75) is 13.0 Å². The molecule has 164 valence electrons. The molecule has 5 rings (SSSR count). The van der Waals surface area contributed by atoms with Crippen LogP contribution in [-0.4, -0.2) is 26.9 Å². The van der Waals surface area contributed by atoms with Gasteiger partial charge in [-0.25, -0.2) is 4.39 Å². The minimum atomic E-state index is -0.329.